The predicted octanol–water partition coefficient (Wildman–Crippen LogP) is 1.70. The van der Waals surface area contributed by atoms with Gasteiger partial charge in [0.25, 0.3) is 5.91 Å². The number of hydrogen-bond acceptors (Lipinski definition) is 3. The van der Waals surface area contributed by atoms with Crippen LogP contribution in [0.4, 0.5) is 0 Å². The first-order valence-corrected chi connectivity index (χ1v) is 5.57. The smallest absolute Gasteiger partial charge is 0.263 e. The first-order valence-electron chi connectivity index (χ1n) is 5.57. The van der Waals surface area contributed by atoms with Crippen LogP contribution in [-0.4, -0.2) is 18.0 Å². The van der Waals surface area contributed by atoms with Gasteiger partial charge in [-0.05, 0) is 27.2 Å². The van der Waals surface area contributed by atoms with Crippen molar-refractivity contribution in [1.82, 2.24) is 10.6 Å². The molecule has 0 saturated heterocycles. The number of nitriles is 1. The molecule has 90 valence electrons. The van der Waals surface area contributed by atoms with Gasteiger partial charge in [-0.15, -0.1) is 0 Å². The van der Waals surface area contributed by atoms with Gasteiger partial charge in [0.1, 0.15) is 11.6 Å². The van der Waals surface area contributed by atoms with Crippen LogP contribution in [0, 0.1) is 11.3 Å². The van der Waals surface area contributed by atoms with Crippen LogP contribution in [0.25, 0.3) is 0 Å². The second kappa shape index (κ2) is 6.89. The summed E-state index contributed by atoms with van der Waals surface area (Å²) in [5.41, 5.74) is -0.0303. The third-order valence-corrected chi connectivity index (χ3v) is 1.83. The lowest BCUT2D eigenvalue weighted by atomic mass is 10.1. The normalized spacial score (nSPS) is 11.8. The van der Waals surface area contributed by atoms with Crippen molar-refractivity contribution in [1.29, 1.82) is 5.26 Å². The lowest BCUT2D eigenvalue weighted by Gasteiger charge is -2.18. The first-order chi connectivity index (χ1) is 7.40. The van der Waals surface area contributed by atoms with Gasteiger partial charge in [0, 0.05) is 18.3 Å². The molecule has 0 bridgehead atoms. The zero-order valence-electron chi connectivity index (χ0n) is 10.6. The third-order valence-electron chi connectivity index (χ3n) is 1.83. The van der Waals surface area contributed by atoms with Gasteiger partial charge in [0.2, 0.25) is 0 Å². The lowest BCUT2D eigenvalue weighted by Crippen LogP contribution is -2.33. The van der Waals surface area contributed by atoms with Crippen molar-refractivity contribution in [2.24, 2.45) is 0 Å². The van der Waals surface area contributed by atoms with Crippen LogP contribution in [0.15, 0.2) is 11.8 Å². The topological polar surface area (TPSA) is 64.9 Å². The van der Waals surface area contributed by atoms with E-state index in [9.17, 15) is 4.79 Å². The first kappa shape index (κ1) is 14.5. The summed E-state index contributed by atoms with van der Waals surface area (Å²) >= 11 is 0. The molecule has 0 aliphatic carbocycles. The number of unbranched alkanes of at least 4 members (excludes halogenated alkanes) is 1. The molecule has 0 aromatic carbocycles. The molecule has 0 fully saturated rings. The van der Waals surface area contributed by atoms with Gasteiger partial charge in [-0.3, -0.25) is 4.79 Å². The average molecular weight is 223 g/mol. The fourth-order valence-electron chi connectivity index (χ4n) is 0.911. The number of hydrogen-bond donors (Lipinski definition) is 2. The van der Waals surface area contributed by atoms with Crippen LogP contribution >= 0.6 is 0 Å². The summed E-state index contributed by atoms with van der Waals surface area (Å²) in [6.07, 6.45) is 3.42. The Bertz CT molecular complexity index is 294. The van der Waals surface area contributed by atoms with Crippen LogP contribution in [-0.2, 0) is 4.79 Å². The van der Waals surface area contributed by atoms with Crippen LogP contribution in [0.2, 0.25) is 0 Å². The molecule has 16 heavy (non-hydrogen) atoms. The molecule has 0 saturated carbocycles. The molecule has 0 atom stereocenters. The molecule has 4 heteroatoms. The van der Waals surface area contributed by atoms with Crippen molar-refractivity contribution in [3.05, 3.63) is 11.8 Å². The maximum Gasteiger partial charge on any atom is 0.263 e. The Balaban J connectivity index is 4.28. The van der Waals surface area contributed by atoms with Crippen LogP contribution in [0.5, 0.6) is 0 Å². The quantitative estimate of drug-likeness (QED) is 0.423. The van der Waals surface area contributed by atoms with Crippen molar-refractivity contribution in [3.8, 4) is 6.07 Å². The van der Waals surface area contributed by atoms with E-state index >= 15 is 0 Å². The van der Waals surface area contributed by atoms with E-state index in [2.05, 4.69) is 10.6 Å². The molecule has 4 nitrogen and oxygen atoms in total. The molecule has 1 amide bonds. The third kappa shape index (κ3) is 6.88. The Hall–Kier alpha value is -1.50. The second-order valence-corrected chi connectivity index (χ2v) is 4.67. The van der Waals surface area contributed by atoms with Crippen LogP contribution < -0.4 is 10.6 Å². The largest absolute Gasteiger partial charge is 0.385 e. The van der Waals surface area contributed by atoms with Gasteiger partial charge in [0.05, 0.1) is 0 Å². The molecule has 0 radical (unpaired) electrons. The van der Waals surface area contributed by atoms with Crippen molar-refractivity contribution in [2.45, 2.75) is 46.1 Å². The summed E-state index contributed by atoms with van der Waals surface area (Å²) in [6, 6.07) is 1.89. The minimum Gasteiger partial charge on any atom is -0.385 e. The highest BCUT2D eigenvalue weighted by atomic mass is 16.1. The summed E-state index contributed by atoms with van der Waals surface area (Å²) in [5.74, 6) is -0.312. The molecule has 0 aromatic rings. The van der Waals surface area contributed by atoms with E-state index in [1.165, 1.54) is 6.20 Å². The highest BCUT2D eigenvalue weighted by Crippen LogP contribution is 2.00. The lowest BCUT2D eigenvalue weighted by molar-refractivity contribution is -0.117. The fraction of sp³-hybridized carbons (Fsp3) is 0.667. The maximum atomic E-state index is 11.5. The standard InChI is InChI=1S/C12H21N3O/c1-5-6-7-14-11(16)10(8-13)9-15-12(2,3)4/h9,15H,5-7H2,1-4H3,(H,14,16)/b10-9-. The van der Waals surface area contributed by atoms with Crippen LogP contribution in [0.1, 0.15) is 40.5 Å². The molecule has 0 rings (SSSR count). The van der Waals surface area contributed by atoms with E-state index in [4.69, 9.17) is 5.26 Å². The molecule has 2 N–H and O–H groups in total. The van der Waals surface area contributed by atoms with E-state index < -0.39 is 0 Å². The second-order valence-electron chi connectivity index (χ2n) is 4.67. The predicted molar refractivity (Wildman–Crippen MR) is 64.5 cm³/mol. The molecule has 0 heterocycles. The summed E-state index contributed by atoms with van der Waals surface area (Å²) in [5, 5.41) is 14.5. The van der Waals surface area contributed by atoms with E-state index in [1.54, 1.807) is 0 Å². The summed E-state index contributed by atoms with van der Waals surface area (Å²) < 4.78 is 0. The monoisotopic (exact) mass is 223 g/mol. The summed E-state index contributed by atoms with van der Waals surface area (Å²) in [7, 11) is 0. The molecular weight excluding hydrogens is 202 g/mol. The molecule has 0 aliphatic heterocycles. The molecule has 0 unspecified atom stereocenters. The fourth-order valence-corrected chi connectivity index (χ4v) is 0.911. The van der Waals surface area contributed by atoms with Crippen molar-refractivity contribution in [2.75, 3.05) is 6.54 Å². The highest BCUT2D eigenvalue weighted by Gasteiger charge is 2.11. The Morgan fingerprint density at radius 2 is 2.06 bits per heavy atom. The zero-order valence-corrected chi connectivity index (χ0v) is 10.6. The molecule has 0 aliphatic rings. The minimum absolute atomic E-state index is 0.117. The number of nitrogens with zero attached hydrogens (tertiary/aromatic N) is 1. The Kier molecular flexibility index (Phi) is 6.24. The molecule has 0 spiro atoms. The van der Waals surface area contributed by atoms with Crippen molar-refractivity contribution in [3.63, 3.8) is 0 Å². The highest BCUT2D eigenvalue weighted by molar-refractivity contribution is 5.97. The van der Waals surface area contributed by atoms with Gasteiger partial charge >= 0.3 is 0 Å². The Morgan fingerprint density at radius 1 is 1.44 bits per heavy atom. The zero-order chi connectivity index (χ0) is 12.6. The van der Waals surface area contributed by atoms with Gasteiger partial charge in [-0.25, -0.2) is 0 Å². The van der Waals surface area contributed by atoms with E-state index in [0.717, 1.165) is 12.8 Å². The minimum atomic E-state index is -0.312. The van der Waals surface area contributed by atoms with Gasteiger partial charge < -0.3 is 10.6 Å². The summed E-state index contributed by atoms with van der Waals surface area (Å²) in [6.45, 7) is 8.56. The average Bonchev–Trinajstić information content (AvgIpc) is 2.17. The van der Waals surface area contributed by atoms with Gasteiger partial charge in [-0.1, -0.05) is 13.3 Å². The van der Waals surface area contributed by atoms with Gasteiger partial charge in [0.15, 0.2) is 0 Å². The summed E-state index contributed by atoms with van der Waals surface area (Å²) in [4.78, 5) is 11.5. The van der Waals surface area contributed by atoms with E-state index in [-0.39, 0.29) is 17.0 Å². The van der Waals surface area contributed by atoms with Crippen molar-refractivity contribution >= 4 is 5.91 Å². The van der Waals surface area contributed by atoms with Crippen molar-refractivity contribution < 1.29 is 4.79 Å². The number of rotatable bonds is 5. The number of nitrogens with one attached hydrogen (secondary N) is 2. The Labute approximate surface area is 97.7 Å². The Morgan fingerprint density at radius 3 is 2.50 bits per heavy atom. The SMILES string of the molecule is CCCCNC(=O)/C(C#N)=C\NC(C)(C)C. The van der Waals surface area contributed by atoms with Crippen LogP contribution in [0.3, 0.4) is 0 Å². The number of carbonyl (C=O) groups excluding carboxylic acids is 1. The molecule has 0 aromatic heterocycles. The van der Waals surface area contributed by atoms with E-state index in [1.807, 2.05) is 33.8 Å². The maximum absolute atomic E-state index is 11.5. The number of amides is 1. The van der Waals surface area contributed by atoms with Gasteiger partial charge in [-0.2, -0.15) is 5.26 Å². The number of carbonyl (C=O) groups is 1. The molecular formula is C12H21N3O. The van der Waals surface area contributed by atoms with E-state index in [0.29, 0.717) is 6.54 Å².